The molecule has 19 heavy (non-hydrogen) atoms. The fourth-order valence-electron chi connectivity index (χ4n) is 2.28. The predicted octanol–water partition coefficient (Wildman–Crippen LogP) is 1.51. The average molecular weight is 327 g/mol. The Bertz CT molecular complexity index is 458. The molecule has 5 nitrogen and oxygen atoms in total. The smallest absolute Gasteiger partial charge is 0.231 e. The van der Waals surface area contributed by atoms with Crippen molar-refractivity contribution in [2.75, 3.05) is 25.0 Å². The van der Waals surface area contributed by atoms with Gasteiger partial charge < -0.3 is 11.1 Å². The molecule has 1 fully saturated rings. The molecule has 104 valence electrons. The highest BCUT2D eigenvalue weighted by Gasteiger charge is 2.20. The highest BCUT2D eigenvalue weighted by atomic mass is 79.9. The number of pyridine rings is 1. The molecule has 1 aromatic rings. The fraction of sp³-hybridized carbons (Fsp3) is 0.538. The molecule has 2 rings (SSSR count). The van der Waals surface area contributed by atoms with Crippen molar-refractivity contribution in [3.8, 4) is 0 Å². The average Bonchev–Trinajstić information content (AvgIpc) is 2.36. The van der Waals surface area contributed by atoms with E-state index < -0.39 is 0 Å². The lowest BCUT2D eigenvalue weighted by Gasteiger charge is -2.31. The molecule has 0 spiro atoms. The molecule has 0 aromatic carbocycles. The van der Waals surface area contributed by atoms with E-state index in [1.54, 1.807) is 0 Å². The van der Waals surface area contributed by atoms with E-state index in [0.717, 1.165) is 36.2 Å². The number of carbonyl (C=O) groups is 1. The maximum Gasteiger partial charge on any atom is 0.231 e. The standard InChI is InChI=1S/C13H19BrN4O/c1-9-6-13(16-7-11(9)14)17-10-2-4-18(5-3-10)8-12(15)19/h6-7,10H,2-5,8H2,1H3,(H2,15,19)(H,16,17). The first-order chi connectivity index (χ1) is 9.04. The largest absolute Gasteiger partial charge is 0.369 e. The Morgan fingerprint density at radius 1 is 1.58 bits per heavy atom. The fourth-order valence-corrected chi connectivity index (χ4v) is 2.50. The van der Waals surface area contributed by atoms with Crippen molar-refractivity contribution in [1.82, 2.24) is 9.88 Å². The maximum absolute atomic E-state index is 10.9. The quantitative estimate of drug-likeness (QED) is 0.879. The van der Waals surface area contributed by atoms with Crippen LogP contribution >= 0.6 is 15.9 Å². The molecule has 6 heteroatoms. The number of halogens is 1. The third kappa shape index (κ3) is 4.18. The third-order valence-electron chi connectivity index (χ3n) is 3.37. The summed E-state index contributed by atoms with van der Waals surface area (Å²) in [5.74, 6) is 0.658. The number of aromatic nitrogens is 1. The topological polar surface area (TPSA) is 71.2 Å². The number of rotatable bonds is 4. The minimum atomic E-state index is -0.253. The summed E-state index contributed by atoms with van der Waals surface area (Å²) >= 11 is 3.44. The van der Waals surface area contributed by atoms with Gasteiger partial charge in [0.15, 0.2) is 0 Å². The van der Waals surface area contributed by atoms with Crippen LogP contribution in [0.3, 0.4) is 0 Å². The number of anilines is 1. The highest BCUT2D eigenvalue weighted by Crippen LogP contribution is 2.20. The van der Waals surface area contributed by atoms with E-state index in [1.165, 1.54) is 5.56 Å². The summed E-state index contributed by atoms with van der Waals surface area (Å²) < 4.78 is 1.02. The number of piperidine rings is 1. The normalized spacial score (nSPS) is 17.4. The molecular formula is C13H19BrN4O. The van der Waals surface area contributed by atoms with Crippen LogP contribution in [0.25, 0.3) is 0 Å². The molecule has 1 aliphatic rings. The molecule has 0 bridgehead atoms. The number of carbonyl (C=O) groups excluding carboxylic acids is 1. The van der Waals surface area contributed by atoms with E-state index >= 15 is 0 Å². The zero-order valence-corrected chi connectivity index (χ0v) is 12.6. The number of primary amides is 1. The first-order valence-corrected chi connectivity index (χ1v) is 7.23. The number of amides is 1. The van der Waals surface area contributed by atoms with Crippen molar-refractivity contribution >= 4 is 27.7 Å². The molecule has 0 saturated carbocycles. The molecule has 0 atom stereocenters. The van der Waals surface area contributed by atoms with Gasteiger partial charge in [-0.1, -0.05) is 0 Å². The van der Waals surface area contributed by atoms with Crippen LogP contribution in [-0.2, 0) is 4.79 Å². The van der Waals surface area contributed by atoms with Crippen LogP contribution in [-0.4, -0.2) is 41.5 Å². The monoisotopic (exact) mass is 326 g/mol. The van der Waals surface area contributed by atoms with Gasteiger partial charge in [-0.25, -0.2) is 4.98 Å². The van der Waals surface area contributed by atoms with E-state index in [9.17, 15) is 4.79 Å². The zero-order valence-electron chi connectivity index (χ0n) is 11.0. The third-order valence-corrected chi connectivity index (χ3v) is 4.20. The number of likely N-dealkylation sites (tertiary alicyclic amines) is 1. The molecule has 1 amide bonds. The van der Waals surface area contributed by atoms with Gasteiger partial charge in [-0.3, -0.25) is 9.69 Å². The van der Waals surface area contributed by atoms with Crippen LogP contribution in [0, 0.1) is 6.92 Å². The summed E-state index contributed by atoms with van der Waals surface area (Å²) in [5, 5.41) is 3.45. The summed E-state index contributed by atoms with van der Waals surface area (Å²) in [6, 6.07) is 2.46. The van der Waals surface area contributed by atoms with E-state index in [2.05, 4.69) is 31.1 Å². The Hall–Kier alpha value is -1.14. The maximum atomic E-state index is 10.9. The molecule has 1 saturated heterocycles. The molecule has 3 N–H and O–H groups in total. The van der Waals surface area contributed by atoms with Gasteiger partial charge in [-0.15, -0.1) is 0 Å². The van der Waals surface area contributed by atoms with Gasteiger partial charge >= 0.3 is 0 Å². The number of nitrogens with one attached hydrogen (secondary N) is 1. The van der Waals surface area contributed by atoms with Gasteiger partial charge in [0, 0.05) is 29.8 Å². The van der Waals surface area contributed by atoms with Crippen molar-refractivity contribution in [2.24, 2.45) is 5.73 Å². The molecule has 0 radical (unpaired) electrons. The van der Waals surface area contributed by atoms with Crippen LogP contribution in [0.2, 0.25) is 0 Å². The predicted molar refractivity (Wildman–Crippen MR) is 79.0 cm³/mol. The van der Waals surface area contributed by atoms with Crippen LogP contribution in [0.5, 0.6) is 0 Å². The second-order valence-electron chi connectivity index (χ2n) is 4.98. The number of hydrogen-bond donors (Lipinski definition) is 2. The van der Waals surface area contributed by atoms with E-state index in [0.29, 0.717) is 12.6 Å². The van der Waals surface area contributed by atoms with Crippen molar-refractivity contribution in [1.29, 1.82) is 0 Å². The van der Waals surface area contributed by atoms with Crippen LogP contribution in [0.4, 0.5) is 5.82 Å². The van der Waals surface area contributed by atoms with E-state index in [-0.39, 0.29) is 5.91 Å². The molecular weight excluding hydrogens is 308 g/mol. The summed E-state index contributed by atoms with van der Waals surface area (Å²) in [7, 11) is 0. The second kappa shape index (κ2) is 6.34. The van der Waals surface area contributed by atoms with Crippen LogP contribution in [0.1, 0.15) is 18.4 Å². The Kier molecular flexibility index (Phi) is 4.76. The SMILES string of the molecule is Cc1cc(NC2CCN(CC(N)=O)CC2)ncc1Br. The Labute approximate surface area is 121 Å². The lowest BCUT2D eigenvalue weighted by atomic mass is 10.0. The van der Waals surface area contributed by atoms with Crippen LogP contribution in [0.15, 0.2) is 16.7 Å². The summed E-state index contributed by atoms with van der Waals surface area (Å²) in [6.45, 7) is 4.21. The lowest BCUT2D eigenvalue weighted by Crippen LogP contribution is -2.43. The number of hydrogen-bond acceptors (Lipinski definition) is 4. The van der Waals surface area contributed by atoms with Crippen LogP contribution < -0.4 is 11.1 Å². The lowest BCUT2D eigenvalue weighted by molar-refractivity contribution is -0.119. The van der Waals surface area contributed by atoms with Gasteiger partial charge in [0.05, 0.1) is 6.54 Å². The summed E-state index contributed by atoms with van der Waals surface area (Å²) in [4.78, 5) is 17.3. The highest BCUT2D eigenvalue weighted by molar-refractivity contribution is 9.10. The van der Waals surface area contributed by atoms with Gasteiger partial charge in [-0.2, -0.15) is 0 Å². The molecule has 2 heterocycles. The second-order valence-corrected chi connectivity index (χ2v) is 5.83. The van der Waals surface area contributed by atoms with Gasteiger partial charge in [-0.05, 0) is 47.3 Å². The van der Waals surface area contributed by atoms with Gasteiger partial charge in [0.1, 0.15) is 5.82 Å². The van der Waals surface area contributed by atoms with Gasteiger partial charge in [0.25, 0.3) is 0 Å². The van der Waals surface area contributed by atoms with Crippen molar-refractivity contribution in [3.63, 3.8) is 0 Å². The first-order valence-electron chi connectivity index (χ1n) is 6.44. The Morgan fingerprint density at radius 2 is 2.26 bits per heavy atom. The summed E-state index contributed by atoms with van der Waals surface area (Å²) in [5.41, 5.74) is 6.37. The minimum absolute atomic E-state index is 0.253. The number of nitrogens with two attached hydrogens (primary N) is 1. The van der Waals surface area contributed by atoms with Crippen molar-refractivity contribution < 1.29 is 4.79 Å². The first kappa shape index (κ1) is 14.3. The molecule has 0 aliphatic carbocycles. The van der Waals surface area contributed by atoms with Gasteiger partial charge in [0.2, 0.25) is 5.91 Å². The van der Waals surface area contributed by atoms with Crippen molar-refractivity contribution in [2.45, 2.75) is 25.8 Å². The number of aryl methyl sites for hydroxylation is 1. The molecule has 1 aliphatic heterocycles. The summed E-state index contributed by atoms with van der Waals surface area (Å²) in [6.07, 6.45) is 3.83. The van der Waals surface area contributed by atoms with E-state index in [4.69, 9.17) is 5.73 Å². The number of nitrogens with zero attached hydrogens (tertiary/aromatic N) is 2. The molecule has 0 unspecified atom stereocenters. The van der Waals surface area contributed by atoms with E-state index in [1.807, 2.05) is 19.2 Å². The Balaban J connectivity index is 1.85. The molecule has 1 aromatic heterocycles. The Morgan fingerprint density at radius 3 is 2.84 bits per heavy atom. The van der Waals surface area contributed by atoms with Crippen molar-refractivity contribution in [3.05, 3.63) is 22.3 Å². The minimum Gasteiger partial charge on any atom is -0.369 e. The zero-order chi connectivity index (χ0) is 13.8.